The molecule has 0 unspecified atom stereocenters. The van der Waals surface area contributed by atoms with Gasteiger partial charge in [-0.05, 0) is 50.1 Å². The first-order valence-corrected chi connectivity index (χ1v) is 6.76. The Balaban J connectivity index is 2.08. The van der Waals surface area contributed by atoms with Gasteiger partial charge in [0.2, 0.25) is 5.95 Å². The van der Waals surface area contributed by atoms with Gasteiger partial charge in [-0.1, -0.05) is 24.0 Å². The van der Waals surface area contributed by atoms with E-state index in [0.29, 0.717) is 0 Å². The van der Waals surface area contributed by atoms with Crippen LogP contribution in [0.5, 0.6) is 0 Å². The third-order valence-electron chi connectivity index (χ3n) is 3.48. The molecule has 4 nitrogen and oxygen atoms in total. The lowest BCUT2D eigenvalue weighted by Crippen LogP contribution is -1.97. The molecule has 2 N–H and O–H groups in total. The van der Waals surface area contributed by atoms with Gasteiger partial charge in [0.25, 0.3) is 0 Å². The number of aromatic nitrogens is 3. The smallest absolute Gasteiger partial charge is 0.240 e. The number of aryl methyl sites for hydroxylation is 3. The van der Waals surface area contributed by atoms with Crippen LogP contribution in [0.1, 0.15) is 27.9 Å². The first-order chi connectivity index (χ1) is 10.0. The molecular weight excluding hydrogens is 260 g/mol. The standard InChI is InChI=1S/C17H16N4/c1-11-4-5-12(2)15(10-11)7-6-14-8-9-16-19-17(18)20-21(16)13(14)3/h4-5,8-10H,1-3H3,(H2,18,20). The van der Waals surface area contributed by atoms with E-state index >= 15 is 0 Å². The number of hydrogen-bond acceptors (Lipinski definition) is 3. The van der Waals surface area contributed by atoms with Crippen molar-refractivity contribution in [3.8, 4) is 11.8 Å². The Kier molecular flexibility index (Phi) is 3.11. The molecule has 3 aromatic rings. The fraction of sp³-hybridized carbons (Fsp3) is 0.176. The average Bonchev–Trinajstić information content (AvgIpc) is 2.83. The van der Waals surface area contributed by atoms with Crippen LogP contribution in [0, 0.1) is 32.6 Å². The maximum absolute atomic E-state index is 5.63. The summed E-state index contributed by atoms with van der Waals surface area (Å²) in [5, 5.41) is 4.18. The van der Waals surface area contributed by atoms with Crippen molar-refractivity contribution >= 4 is 11.6 Å². The van der Waals surface area contributed by atoms with E-state index in [1.54, 1.807) is 4.52 Å². The molecule has 0 saturated heterocycles. The summed E-state index contributed by atoms with van der Waals surface area (Å²) in [6.07, 6.45) is 0. The monoisotopic (exact) mass is 276 g/mol. The van der Waals surface area contributed by atoms with Gasteiger partial charge in [-0.2, -0.15) is 4.98 Å². The van der Waals surface area contributed by atoms with Crippen LogP contribution in [0.25, 0.3) is 5.65 Å². The van der Waals surface area contributed by atoms with Gasteiger partial charge in [0.1, 0.15) is 0 Å². The predicted octanol–water partition coefficient (Wildman–Crippen LogP) is 2.64. The van der Waals surface area contributed by atoms with E-state index in [4.69, 9.17) is 5.73 Å². The van der Waals surface area contributed by atoms with E-state index in [1.165, 1.54) is 11.1 Å². The van der Waals surface area contributed by atoms with Gasteiger partial charge >= 0.3 is 0 Å². The highest BCUT2D eigenvalue weighted by atomic mass is 15.3. The zero-order valence-electron chi connectivity index (χ0n) is 12.3. The molecule has 0 fully saturated rings. The minimum absolute atomic E-state index is 0.276. The van der Waals surface area contributed by atoms with E-state index in [9.17, 15) is 0 Å². The lowest BCUT2D eigenvalue weighted by molar-refractivity contribution is 0.916. The minimum atomic E-state index is 0.276. The highest BCUT2D eigenvalue weighted by molar-refractivity contribution is 5.52. The lowest BCUT2D eigenvalue weighted by Gasteiger charge is -2.01. The summed E-state index contributed by atoms with van der Waals surface area (Å²) in [5.41, 5.74) is 11.7. The number of pyridine rings is 1. The van der Waals surface area contributed by atoms with Crippen LogP contribution in [-0.2, 0) is 0 Å². The van der Waals surface area contributed by atoms with Crippen LogP contribution in [0.2, 0.25) is 0 Å². The fourth-order valence-corrected chi connectivity index (χ4v) is 2.23. The van der Waals surface area contributed by atoms with Crippen LogP contribution in [-0.4, -0.2) is 14.6 Å². The maximum Gasteiger partial charge on any atom is 0.240 e. The Hall–Kier alpha value is -2.80. The molecule has 0 radical (unpaired) electrons. The molecule has 0 aliphatic carbocycles. The molecule has 3 rings (SSSR count). The van der Waals surface area contributed by atoms with E-state index in [-0.39, 0.29) is 5.95 Å². The summed E-state index contributed by atoms with van der Waals surface area (Å²) >= 11 is 0. The molecule has 2 heterocycles. The molecule has 4 heteroatoms. The minimum Gasteiger partial charge on any atom is -0.366 e. The first kappa shape index (κ1) is 13.2. The number of hydrogen-bond donors (Lipinski definition) is 1. The summed E-state index contributed by atoms with van der Waals surface area (Å²) < 4.78 is 1.72. The Morgan fingerprint density at radius 1 is 1.00 bits per heavy atom. The largest absolute Gasteiger partial charge is 0.366 e. The molecule has 0 bridgehead atoms. The topological polar surface area (TPSA) is 56.2 Å². The normalized spacial score (nSPS) is 10.4. The second kappa shape index (κ2) is 4.95. The first-order valence-electron chi connectivity index (χ1n) is 6.76. The third-order valence-corrected chi connectivity index (χ3v) is 3.48. The number of fused-ring (bicyclic) bond motifs is 1. The van der Waals surface area contributed by atoms with Crippen molar-refractivity contribution in [2.45, 2.75) is 20.8 Å². The highest BCUT2D eigenvalue weighted by Crippen LogP contribution is 2.13. The number of nitrogen functional groups attached to an aromatic ring is 1. The second-order valence-electron chi connectivity index (χ2n) is 5.14. The summed E-state index contributed by atoms with van der Waals surface area (Å²) in [4.78, 5) is 4.14. The van der Waals surface area contributed by atoms with Gasteiger partial charge in [-0.25, -0.2) is 4.52 Å². The SMILES string of the molecule is Cc1ccc(C)c(C#Cc2ccc3nc(N)nn3c2C)c1. The number of nitrogens with two attached hydrogens (primary N) is 1. The molecule has 2 aromatic heterocycles. The lowest BCUT2D eigenvalue weighted by atomic mass is 10.1. The molecule has 0 saturated carbocycles. The van der Waals surface area contributed by atoms with Crippen molar-refractivity contribution < 1.29 is 0 Å². The summed E-state index contributed by atoms with van der Waals surface area (Å²) in [5.74, 6) is 6.73. The van der Waals surface area contributed by atoms with E-state index < -0.39 is 0 Å². The van der Waals surface area contributed by atoms with Gasteiger partial charge in [0, 0.05) is 11.1 Å². The predicted molar refractivity (Wildman–Crippen MR) is 84.0 cm³/mol. The van der Waals surface area contributed by atoms with Crippen molar-refractivity contribution in [1.82, 2.24) is 14.6 Å². The van der Waals surface area contributed by atoms with Crippen molar-refractivity contribution in [2.24, 2.45) is 0 Å². The van der Waals surface area contributed by atoms with Gasteiger partial charge in [0.15, 0.2) is 5.65 Å². The quantitative estimate of drug-likeness (QED) is 0.642. The van der Waals surface area contributed by atoms with Gasteiger partial charge in [-0.3, -0.25) is 0 Å². The Morgan fingerprint density at radius 3 is 2.57 bits per heavy atom. The molecule has 0 atom stereocenters. The molecule has 1 aromatic carbocycles. The Bertz CT molecular complexity index is 894. The molecular formula is C17H16N4. The maximum atomic E-state index is 5.63. The van der Waals surface area contributed by atoms with Gasteiger partial charge in [-0.15, -0.1) is 5.10 Å². The molecule has 104 valence electrons. The zero-order chi connectivity index (χ0) is 15.0. The van der Waals surface area contributed by atoms with Crippen LogP contribution in [0.4, 0.5) is 5.95 Å². The number of benzene rings is 1. The van der Waals surface area contributed by atoms with Crippen LogP contribution in [0.15, 0.2) is 30.3 Å². The molecule has 0 spiro atoms. The average molecular weight is 276 g/mol. The molecule has 21 heavy (non-hydrogen) atoms. The molecule has 0 aliphatic heterocycles. The summed E-state index contributed by atoms with van der Waals surface area (Å²) in [6, 6.07) is 10.1. The van der Waals surface area contributed by atoms with E-state index in [1.807, 2.05) is 19.1 Å². The highest BCUT2D eigenvalue weighted by Gasteiger charge is 2.05. The van der Waals surface area contributed by atoms with E-state index in [2.05, 4.69) is 54.0 Å². The molecule has 0 aliphatic rings. The third kappa shape index (κ3) is 2.46. The Labute approximate surface area is 123 Å². The Morgan fingerprint density at radius 2 is 1.76 bits per heavy atom. The summed E-state index contributed by atoms with van der Waals surface area (Å²) in [6.45, 7) is 6.10. The van der Waals surface area contributed by atoms with Crippen LogP contribution < -0.4 is 5.73 Å². The molecule has 0 amide bonds. The summed E-state index contributed by atoms with van der Waals surface area (Å²) in [7, 11) is 0. The number of anilines is 1. The van der Waals surface area contributed by atoms with Crippen LogP contribution in [0.3, 0.4) is 0 Å². The zero-order valence-corrected chi connectivity index (χ0v) is 12.3. The number of nitrogens with zero attached hydrogens (tertiary/aromatic N) is 3. The van der Waals surface area contributed by atoms with Gasteiger partial charge in [0.05, 0.1) is 5.69 Å². The van der Waals surface area contributed by atoms with Crippen molar-refractivity contribution in [2.75, 3.05) is 5.73 Å². The van der Waals surface area contributed by atoms with Crippen molar-refractivity contribution in [1.29, 1.82) is 0 Å². The van der Waals surface area contributed by atoms with Crippen LogP contribution >= 0.6 is 0 Å². The second-order valence-corrected chi connectivity index (χ2v) is 5.14. The van der Waals surface area contributed by atoms with Crippen molar-refractivity contribution in [3.63, 3.8) is 0 Å². The fourth-order valence-electron chi connectivity index (χ4n) is 2.23. The van der Waals surface area contributed by atoms with Gasteiger partial charge < -0.3 is 5.73 Å². The van der Waals surface area contributed by atoms with E-state index in [0.717, 1.165) is 22.5 Å². The van der Waals surface area contributed by atoms with Crippen molar-refractivity contribution in [3.05, 3.63) is 58.3 Å². The number of rotatable bonds is 0.